The van der Waals surface area contributed by atoms with E-state index in [0.717, 1.165) is 31.6 Å². The average Bonchev–Trinajstić information content (AvgIpc) is 2.88. The van der Waals surface area contributed by atoms with Gasteiger partial charge in [0.1, 0.15) is 17.1 Å². The Morgan fingerprint density at radius 3 is 2.48 bits per heavy atom. The van der Waals surface area contributed by atoms with Crippen molar-refractivity contribution in [3.05, 3.63) is 46.9 Å². The van der Waals surface area contributed by atoms with Crippen molar-refractivity contribution in [3.8, 4) is 0 Å². The van der Waals surface area contributed by atoms with Gasteiger partial charge in [0.2, 0.25) is 0 Å². The summed E-state index contributed by atoms with van der Waals surface area (Å²) in [4.78, 5) is 19.2. The first kappa shape index (κ1) is 15.7. The zero-order chi connectivity index (χ0) is 16.2. The summed E-state index contributed by atoms with van der Waals surface area (Å²) in [5.41, 5.74) is 1.82. The molecule has 0 amide bonds. The van der Waals surface area contributed by atoms with Crippen molar-refractivity contribution in [2.75, 3.05) is 13.1 Å². The van der Waals surface area contributed by atoms with Gasteiger partial charge < -0.3 is 9.74 Å². The van der Waals surface area contributed by atoms with Gasteiger partial charge in [-0.2, -0.15) is 0 Å². The highest BCUT2D eigenvalue weighted by Gasteiger charge is 2.32. The van der Waals surface area contributed by atoms with Crippen LogP contribution in [0.3, 0.4) is 0 Å². The fourth-order valence-electron chi connectivity index (χ4n) is 3.17. The van der Waals surface area contributed by atoms with Gasteiger partial charge in [0.25, 0.3) is 0 Å². The molecule has 0 bridgehead atoms. The van der Waals surface area contributed by atoms with Gasteiger partial charge in [-0.15, -0.1) is 0 Å². The summed E-state index contributed by atoms with van der Waals surface area (Å²) >= 11 is 0. The maximum atomic E-state index is 14.1. The van der Waals surface area contributed by atoms with Crippen LogP contribution in [0.5, 0.6) is 0 Å². The minimum atomic E-state index is -0.497. The van der Waals surface area contributed by atoms with E-state index in [9.17, 15) is 9.18 Å². The lowest BCUT2D eigenvalue weighted by Gasteiger charge is -2.28. The molecule has 5 heteroatoms. The van der Waals surface area contributed by atoms with Crippen LogP contribution in [0.2, 0.25) is 0 Å². The maximum Gasteiger partial charge on any atom is 0.369 e. The monoisotopic (exact) mass is 316 g/mol. The molecule has 3 rings (SSSR count). The molecule has 0 N–H and O–H groups in total. The molecule has 122 valence electrons. The molecule has 0 unspecified atom stereocenters. The lowest BCUT2D eigenvalue weighted by Crippen LogP contribution is -2.29. The molecule has 0 aromatic heterocycles. The summed E-state index contributed by atoms with van der Waals surface area (Å²) in [5.74, 6) is -0.898. The molecule has 0 radical (unpaired) electrons. The van der Waals surface area contributed by atoms with Crippen LogP contribution >= 0.6 is 0 Å². The van der Waals surface area contributed by atoms with E-state index in [1.54, 1.807) is 18.2 Å². The lowest BCUT2D eigenvalue weighted by molar-refractivity contribution is -0.137. The molecule has 0 spiro atoms. The van der Waals surface area contributed by atoms with Gasteiger partial charge in [-0.25, -0.2) is 9.18 Å². The number of hydrogen-bond donors (Lipinski definition) is 0. The van der Waals surface area contributed by atoms with E-state index < -0.39 is 11.8 Å². The Morgan fingerprint density at radius 1 is 1.13 bits per heavy atom. The molecule has 2 heterocycles. The van der Waals surface area contributed by atoms with Crippen molar-refractivity contribution < 1.29 is 14.0 Å². The van der Waals surface area contributed by atoms with Crippen molar-refractivity contribution in [1.82, 2.24) is 4.90 Å². The molecule has 4 nitrogen and oxygen atoms in total. The summed E-state index contributed by atoms with van der Waals surface area (Å²) < 4.78 is 14.1. The van der Waals surface area contributed by atoms with Crippen LogP contribution in [0.15, 0.2) is 40.7 Å². The third kappa shape index (κ3) is 3.28. The zero-order valence-electron chi connectivity index (χ0n) is 13.3. The van der Waals surface area contributed by atoms with Crippen molar-refractivity contribution in [3.63, 3.8) is 0 Å². The standard InChI is InChI=1S/C18H21FN2O2/c1-13(21-11-7-3-2-4-8-12-21)16-17(20-23-18(16)22)14-9-5-6-10-15(14)19/h5-6,9-10H,2-4,7-8,11-12H2,1H3/b16-13+. The maximum absolute atomic E-state index is 14.1. The normalized spacial score (nSPS) is 21.4. The molecule has 0 aliphatic carbocycles. The molecule has 1 aromatic rings. The van der Waals surface area contributed by atoms with Crippen molar-refractivity contribution in [2.24, 2.45) is 5.16 Å². The van der Waals surface area contributed by atoms with Gasteiger partial charge in [-0.3, -0.25) is 0 Å². The zero-order valence-corrected chi connectivity index (χ0v) is 13.3. The van der Waals surface area contributed by atoms with Crippen LogP contribution in [0.25, 0.3) is 0 Å². The third-order valence-electron chi connectivity index (χ3n) is 4.48. The number of oxime groups is 1. The first-order valence-corrected chi connectivity index (χ1v) is 8.19. The van der Waals surface area contributed by atoms with E-state index in [-0.39, 0.29) is 0 Å². The Kier molecular flexibility index (Phi) is 4.74. The molecule has 1 aromatic carbocycles. The Hall–Kier alpha value is -2.17. The van der Waals surface area contributed by atoms with Crippen LogP contribution < -0.4 is 0 Å². The summed E-state index contributed by atoms with van der Waals surface area (Å²) in [5, 5.41) is 3.83. The second kappa shape index (κ2) is 6.94. The molecule has 2 aliphatic heterocycles. The van der Waals surface area contributed by atoms with Crippen LogP contribution in [0, 0.1) is 5.82 Å². The van der Waals surface area contributed by atoms with E-state index in [2.05, 4.69) is 10.1 Å². The number of allylic oxidation sites excluding steroid dienone is 1. The van der Waals surface area contributed by atoms with Gasteiger partial charge >= 0.3 is 5.97 Å². The quantitative estimate of drug-likeness (QED) is 0.618. The third-order valence-corrected chi connectivity index (χ3v) is 4.48. The van der Waals surface area contributed by atoms with Crippen molar-refractivity contribution >= 4 is 11.7 Å². The smallest absolute Gasteiger partial charge is 0.369 e. The second-order valence-electron chi connectivity index (χ2n) is 6.01. The fourth-order valence-corrected chi connectivity index (χ4v) is 3.17. The Labute approximate surface area is 135 Å². The van der Waals surface area contributed by atoms with E-state index in [1.165, 1.54) is 25.3 Å². The molecule has 1 fully saturated rings. The number of carbonyl (C=O) groups is 1. The van der Waals surface area contributed by atoms with Gasteiger partial charge in [0.05, 0.1) is 0 Å². The predicted octanol–water partition coefficient (Wildman–Crippen LogP) is 3.63. The first-order valence-electron chi connectivity index (χ1n) is 8.19. The summed E-state index contributed by atoms with van der Waals surface area (Å²) in [7, 11) is 0. The van der Waals surface area contributed by atoms with Gasteiger partial charge in [-0.05, 0) is 31.9 Å². The summed E-state index contributed by atoms with van der Waals surface area (Å²) in [6.45, 7) is 3.72. The van der Waals surface area contributed by atoms with E-state index in [0.29, 0.717) is 16.8 Å². The highest BCUT2D eigenvalue weighted by Crippen LogP contribution is 2.25. The topological polar surface area (TPSA) is 41.9 Å². The van der Waals surface area contributed by atoms with E-state index in [1.807, 2.05) is 6.92 Å². The summed E-state index contributed by atoms with van der Waals surface area (Å²) in [6, 6.07) is 6.33. The number of hydrogen-bond acceptors (Lipinski definition) is 4. The van der Waals surface area contributed by atoms with Gasteiger partial charge in [0, 0.05) is 24.4 Å². The van der Waals surface area contributed by atoms with Crippen LogP contribution in [-0.4, -0.2) is 29.7 Å². The molecular weight excluding hydrogens is 295 g/mol. The predicted molar refractivity (Wildman–Crippen MR) is 86.4 cm³/mol. The molecule has 2 aliphatic rings. The van der Waals surface area contributed by atoms with Crippen molar-refractivity contribution in [2.45, 2.75) is 39.0 Å². The number of benzene rings is 1. The number of halogens is 1. The summed E-state index contributed by atoms with van der Waals surface area (Å²) in [6.07, 6.45) is 5.89. The highest BCUT2D eigenvalue weighted by molar-refractivity contribution is 6.29. The van der Waals surface area contributed by atoms with Crippen LogP contribution in [0.1, 0.15) is 44.6 Å². The van der Waals surface area contributed by atoms with E-state index >= 15 is 0 Å². The van der Waals surface area contributed by atoms with Crippen LogP contribution in [-0.2, 0) is 9.63 Å². The largest absolute Gasteiger partial charge is 0.374 e. The fraction of sp³-hybridized carbons (Fsp3) is 0.444. The molecular formula is C18H21FN2O2. The molecule has 1 saturated heterocycles. The highest BCUT2D eigenvalue weighted by atomic mass is 19.1. The molecule has 0 atom stereocenters. The Morgan fingerprint density at radius 2 is 1.78 bits per heavy atom. The average molecular weight is 316 g/mol. The lowest BCUT2D eigenvalue weighted by atomic mass is 9.99. The number of nitrogens with zero attached hydrogens (tertiary/aromatic N) is 2. The van der Waals surface area contributed by atoms with Gasteiger partial charge in [-0.1, -0.05) is 36.6 Å². The number of rotatable bonds is 2. The molecule has 0 saturated carbocycles. The van der Waals surface area contributed by atoms with Gasteiger partial charge in [0.15, 0.2) is 0 Å². The Balaban J connectivity index is 1.95. The first-order chi connectivity index (χ1) is 11.2. The SMILES string of the molecule is C/C(=C1\C(=O)ON=C1c1ccccc1F)N1CCCCCCC1. The Bertz CT molecular complexity index is 659. The number of likely N-dealkylation sites (tertiary alicyclic amines) is 1. The molecule has 23 heavy (non-hydrogen) atoms. The minimum Gasteiger partial charge on any atom is -0.374 e. The van der Waals surface area contributed by atoms with Crippen molar-refractivity contribution in [1.29, 1.82) is 0 Å². The minimum absolute atomic E-state index is 0.299. The number of carbonyl (C=O) groups excluding carboxylic acids is 1. The van der Waals surface area contributed by atoms with Crippen LogP contribution in [0.4, 0.5) is 4.39 Å². The van der Waals surface area contributed by atoms with E-state index in [4.69, 9.17) is 4.84 Å². The second-order valence-corrected chi connectivity index (χ2v) is 6.01.